The zero-order valence-electron chi connectivity index (χ0n) is 18.8. The Balaban J connectivity index is 1.34. The Morgan fingerprint density at radius 1 is 1.18 bits per heavy atom. The molecule has 3 aromatic rings. The van der Waals surface area contributed by atoms with Gasteiger partial charge in [0, 0.05) is 44.9 Å². The second-order valence-electron chi connectivity index (χ2n) is 8.78. The molecule has 5 rings (SSSR count). The molecule has 2 aliphatic heterocycles. The Labute approximate surface area is 192 Å². The molecule has 8 nitrogen and oxygen atoms in total. The Morgan fingerprint density at radius 3 is 2.82 bits per heavy atom. The summed E-state index contributed by atoms with van der Waals surface area (Å²) in [7, 11) is 1.64. The number of H-pyrrole nitrogens is 1. The molecule has 0 aliphatic carbocycles. The third-order valence-corrected chi connectivity index (χ3v) is 6.55. The third-order valence-electron chi connectivity index (χ3n) is 6.55. The summed E-state index contributed by atoms with van der Waals surface area (Å²) in [6.45, 7) is 3.55. The largest absolute Gasteiger partial charge is 0.507 e. The molecule has 2 aromatic carbocycles. The van der Waals surface area contributed by atoms with Gasteiger partial charge in [0.25, 0.3) is 5.91 Å². The average Bonchev–Trinajstić information content (AvgIpc) is 3.42. The summed E-state index contributed by atoms with van der Waals surface area (Å²) in [5, 5.41) is 19.0. The first kappa shape index (κ1) is 21.7. The van der Waals surface area contributed by atoms with Crippen LogP contribution in [-0.2, 0) is 29.0 Å². The van der Waals surface area contributed by atoms with Crippen molar-refractivity contribution >= 4 is 16.8 Å². The molecule has 1 amide bonds. The van der Waals surface area contributed by atoms with Gasteiger partial charge in [-0.3, -0.25) is 9.89 Å². The molecule has 0 radical (unpaired) electrons. The van der Waals surface area contributed by atoms with Gasteiger partial charge in [-0.2, -0.15) is 5.10 Å². The molecule has 0 bridgehead atoms. The van der Waals surface area contributed by atoms with Crippen LogP contribution in [0, 0.1) is 5.92 Å². The van der Waals surface area contributed by atoms with E-state index in [9.17, 15) is 9.90 Å². The summed E-state index contributed by atoms with van der Waals surface area (Å²) >= 11 is 0. The van der Waals surface area contributed by atoms with Gasteiger partial charge in [-0.25, -0.2) is 0 Å². The van der Waals surface area contributed by atoms with E-state index >= 15 is 0 Å². The van der Waals surface area contributed by atoms with Gasteiger partial charge in [0.2, 0.25) is 0 Å². The Hall–Kier alpha value is -3.10. The van der Waals surface area contributed by atoms with Gasteiger partial charge >= 0.3 is 0 Å². The van der Waals surface area contributed by atoms with Gasteiger partial charge in [0.05, 0.1) is 23.4 Å². The lowest BCUT2D eigenvalue weighted by Gasteiger charge is -2.21. The molecule has 33 heavy (non-hydrogen) atoms. The van der Waals surface area contributed by atoms with Crippen LogP contribution in [0.4, 0.5) is 0 Å². The maximum Gasteiger partial charge on any atom is 0.258 e. The van der Waals surface area contributed by atoms with Gasteiger partial charge < -0.3 is 24.2 Å². The van der Waals surface area contributed by atoms with Crippen molar-refractivity contribution in [2.24, 2.45) is 5.92 Å². The zero-order chi connectivity index (χ0) is 22.8. The van der Waals surface area contributed by atoms with Crippen LogP contribution in [0.2, 0.25) is 0 Å². The van der Waals surface area contributed by atoms with Gasteiger partial charge in [0.15, 0.2) is 0 Å². The van der Waals surface area contributed by atoms with Crippen LogP contribution in [-0.4, -0.2) is 59.6 Å². The number of amides is 1. The van der Waals surface area contributed by atoms with Crippen LogP contribution in [0.25, 0.3) is 10.9 Å². The van der Waals surface area contributed by atoms with Gasteiger partial charge in [-0.05, 0) is 54.5 Å². The maximum atomic E-state index is 13.4. The SMILES string of the molecule is COCCOc1ccc2c(c1)CN(C(=O)c1cc3c(CC4CCOCC4)n[nH]c3cc1O)C2. The number of carbonyl (C=O) groups excluding carboxylic acids is 1. The molecule has 3 heterocycles. The summed E-state index contributed by atoms with van der Waals surface area (Å²) in [4.78, 5) is 15.1. The lowest BCUT2D eigenvalue weighted by atomic mass is 9.93. The van der Waals surface area contributed by atoms with Crippen LogP contribution >= 0.6 is 0 Å². The lowest BCUT2D eigenvalue weighted by molar-refractivity contribution is 0.0663. The highest BCUT2D eigenvalue weighted by Crippen LogP contribution is 2.33. The molecule has 0 unspecified atom stereocenters. The number of aromatic amines is 1. The van der Waals surface area contributed by atoms with Gasteiger partial charge in [0.1, 0.15) is 18.1 Å². The summed E-state index contributed by atoms with van der Waals surface area (Å²) in [5.74, 6) is 1.06. The van der Waals surface area contributed by atoms with Crippen molar-refractivity contribution in [3.63, 3.8) is 0 Å². The van der Waals surface area contributed by atoms with Crippen molar-refractivity contribution in [1.29, 1.82) is 0 Å². The van der Waals surface area contributed by atoms with Gasteiger partial charge in [-0.1, -0.05) is 6.07 Å². The number of phenols is 1. The Kier molecular flexibility index (Phi) is 6.20. The van der Waals surface area contributed by atoms with E-state index in [1.165, 1.54) is 0 Å². The highest BCUT2D eigenvalue weighted by Gasteiger charge is 2.27. The maximum absolute atomic E-state index is 13.4. The minimum Gasteiger partial charge on any atom is -0.507 e. The lowest BCUT2D eigenvalue weighted by Crippen LogP contribution is -2.25. The first-order valence-corrected chi connectivity index (χ1v) is 11.4. The third kappa shape index (κ3) is 4.54. The van der Waals surface area contributed by atoms with E-state index in [1.54, 1.807) is 24.1 Å². The molecule has 174 valence electrons. The number of fused-ring (bicyclic) bond motifs is 2. The minimum absolute atomic E-state index is 0.0340. The molecule has 0 atom stereocenters. The number of ether oxygens (including phenoxy) is 3. The van der Waals surface area contributed by atoms with Crippen molar-refractivity contribution in [3.05, 3.63) is 52.7 Å². The molecule has 2 N–H and O–H groups in total. The number of carbonyl (C=O) groups is 1. The highest BCUT2D eigenvalue weighted by atomic mass is 16.5. The number of benzene rings is 2. The highest BCUT2D eigenvalue weighted by molar-refractivity contribution is 6.01. The molecular formula is C25H29N3O5. The zero-order valence-corrected chi connectivity index (χ0v) is 18.8. The van der Waals surface area contributed by atoms with Gasteiger partial charge in [-0.15, -0.1) is 0 Å². The molecule has 1 aromatic heterocycles. The molecule has 0 spiro atoms. The van der Waals surface area contributed by atoms with E-state index in [2.05, 4.69) is 10.2 Å². The van der Waals surface area contributed by atoms with Crippen LogP contribution in [0.3, 0.4) is 0 Å². The van der Waals surface area contributed by atoms with E-state index < -0.39 is 0 Å². The number of aromatic nitrogens is 2. The fourth-order valence-corrected chi connectivity index (χ4v) is 4.68. The van der Waals surface area contributed by atoms with Crippen molar-refractivity contribution in [2.75, 3.05) is 33.5 Å². The van der Waals surface area contributed by atoms with Crippen molar-refractivity contribution < 1.29 is 24.1 Å². The van der Waals surface area contributed by atoms with Crippen molar-refractivity contribution in [3.8, 4) is 11.5 Å². The first-order chi connectivity index (χ1) is 16.1. The quantitative estimate of drug-likeness (QED) is 0.535. The number of methoxy groups -OCH3 is 1. The number of rotatable bonds is 7. The topological polar surface area (TPSA) is 96.9 Å². The average molecular weight is 452 g/mol. The second kappa shape index (κ2) is 9.41. The number of nitrogens with one attached hydrogen (secondary N) is 1. The predicted molar refractivity (Wildman–Crippen MR) is 122 cm³/mol. The fourth-order valence-electron chi connectivity index (χ4n) is 4.68. The minimum atomic E-state index is -0.189. The molecule has 1 saturated heterocycles. The smallest absolute Gasteiger partial charge is 0.258 e. The van der Waals surface area contributed by atoms with E-state index in [0.29, 0.717) is 37.8 Å². The normalized spacial score (nSPS) is 16.3. The Bertz CT molecular complexity index is 1150. The summed E-state index contributed by atoms with van der Waals surface area (Å²) < 4.78 is 16.2. The van der Waals surface area contributed by atoms with Crippen molar-refractivity contribution in [2.45, 2.75) is 32.4 Å². The number of aromatic hydroxyl groups is 1. The van der Waals surface area contributed by atoms with E-state index in [1.807, 2.05) is 18.2 Å². The van der Waals surface area contributed by atoms with E-state index in [4.69, 9.17) is 14.2 Å². The summed E-state index contributed by atoms with van der Waals surface area (Å²) in [5.41, 5.74) is 4.14. The van der Waals surface area contributed by atoms with E-state index in [0.717, 1.165) is 65.9 Å². The fraction of sp³-hybridized carbons (Fsp3) is 0.440. The summed E-state index contributed by atoms with van der Waals surface area (Å²) in [6, 6.07) is 9.28. The van der Waals surface area contributed by atoms with E-state index in [-0.39, 0.29) is 11.7 Å². The number of nitrogens with zero attached hydrogens (tertiary/aromatic N) is 2. The van der Waals surface area contributed by atoms with Crippen LogP contribution in [0.15, 0.2) is 30.3 Å². The molecule has 8 heteroatoms. The molecule has 2 aliphatic rings. The standard InChI is InChI=1S/C25H29N3O5/c1-31-8-9-33-19-3-2-17-14-28(15-18(17)11-19)25(30)21-12-20-22(10-16-4-6-32-7-5-16)26-27-23(20)13-24(21)29/h2-3,11-13,16,29H,4-10,14-15H2,1H3,(H,26,27). The van der Waals surface area contributed by atoms with Crippen LogP contribution in [0.5, 0.6) is 11.5 Å². The predicted octanol–water partition coefficient (Wildman–Crippen LogP) is 3.42. The number of phenolic OH excluding ortho intramolecular Hbond substituents is 1. The number of hydrogen-bond donors (Lipinski definition) is 2. The summed E-state index contributed by atoms with van der Waals surface area (Å²) in [6.07, 6.45) is 2.87. The molecular weight excluding hydrogens is 422 g/mol. The van der Waals surface area contributed by atoms with Crippen molar-refractivity contribution in [1.82, 2.24) is 15.1 Å². The second-order valence-corrected chi connectivity index (χ2v) is 8.78. The molecule has 0 saturated carbocycles. The Morgan fingerprint density at radius 2 is 2.00 bits per heavy atom. The molecule has 1 fully saturated rings. The monoisotopic (exact) mass is 451 g/mol. The first-order valence-electron chi connectivity index (χ1n) is 11.4. The van der Waals surface area contributed by atoms with Crippen LogP contribution < -0.4 is 4.74 Å². The van der Waals surface area contributed by atoms with Crippen LogP contribution in [0.1, 0.15) is 40.0 Å². The number of hydrogen-bond acceptors (Lipinski definition) is 6.